The third-order valence-corrected chi connectivity index (χ3v) is 8.05. The molecule has 2 unspecified atom stereocenters. The van der Waals surface area contributed by atoms with Gasteiger partial charge in [0.05, 0.1) is 27.2 Å². The molecule has 0 saturated carbocycles. The third kappa shape index (κ3) is 8.61. The second-order valence-electron chi connectivity index (χ2n) is 11.0. The van der Waals surface area contributed by atoms with Gasteiger partial charge >= 0.3 is 0 Å². The Morgan fingerprint density at radius 2 is 1.85 bits per heavy atom. The fraction of sp³-hybridized carbons (Fsp3) is 0.594. The molecule has 2 aromatic rings. The highest BCUT2D eigenvalue weighted by atomic mass is 16.5. The Bertz CT molecular complexity index is 1070. The average Bonchev–Trinajstić information content (AvgIpc) is 3.38. The Morgan fingerprint density at radius 1 is 1.08 bits per heavy atom. The Hall–Kier alpha value is -2.77. The van der Waals surface area contributed by atoms with E-state index < -0.39 is 0 Å². The SMILES string of the molecule is COc1ccc(OC)c(CC(=O)NCCC2CCCN2C(C)c2ccc(OCCCCN(C)C)c(C)c2C)c1. The molecular formula is C32H49N3O4. The highest BCUT2D eigenvalue weighted by Crippen LogP contribution is 2.35. The minimum Gasteiger partial charge on any atom is -0.497 e. The Balaban J connectivity index is 1.53. The molecule has 0 aliphatic carbocycles. The highest BCUT2D eigenvalue weighted by Gasteiger charge is 2.30. The van der Waals surface area contributed by atoms with Crippen molar-refractivity contribution in [3.05, 3.63) is 52.6 Å². The van der Waals surface area contributed by atoms with Crippen LogP contribution in [0.15, 0.2) is 30.3 Å². The molecule has 1 heterocycles. The molecule has 1 N–H and O–H groups in total. The topological polar surface area (TPSA) is 63.3 Å². The van der Waals surface area contributed by atoms with Crippen LogP contribution in [0.1, 0.15) is 67.3 Å². The first-order valence-corrected chi connectivity index (χ1v) is 14.4. The summed E-state index contributed by atoms with van der Waals surface area (Å²) in [6, 6.07) is 10.7. The molecule has 39 heavy (non-hydrogen) atoms. The van der Waals surface area contributed by atoms with Gasteiger partial charge < -0.3 is 24.4 Å². The van der Waals surface area contributed by atoms with Crippen molar-refractivity contribution in [2.24, 2.45) is 0 Å². The summed E-state index contributed by atoms with van der Waals surface area (Å²) in [4.78, 5) is 17.5. The lowest BCUT2D eigenvalue weighted by Gasteiger charge is -2.32. The second-order valence-corrected chi connectivity index (χ2v) is 11.0. The number of carbonyl (C=O) groups excluding carboxylic acids is 1. The number of rotatable bonds is 15. The molecule has 1 aliphatic heterocycles. The van der Waals surface area contributed by atoms with Crippen molar-refractivity contribution in [3.63, 3.8) is 0 Å². The molecule has 0 aromatic heterocycles. The number of likely N-dealkylation sites (tertiary alicyclic amines) is 1. The monoisotopic (exact) mass is 539 g/mol. The Kier molecular flexibility index (Phi) is 11.9. The van der Waals surface area contributed by atoms with E-state index in [1.54, 1.807) is 14.2 Å². The van der Waals surface area contributed by atoms with E-state index in [0.717, 1.165) is 62.4 Å². The van der Waals surface area contributed by atoms with Crippen LogP contribution < -0.4 is 19.5 Å². The van der Waals surface area contributed by atoms with Gasteiger partial charge in [-0.15, -0.1) is 0 Å². The molecular weight excluding hydrogens is 490 g/mol. The smallest absolute Gasteiger partial charge is 0.224 e. The maximum Gasteiger partial charge on any atom is 0.224 e. The lowest BCUT2D eigenvalue weighted by atomic mass is 9.96. The number of ether oxygens (including phenoxy) is 3. The van der Waals surface area contributed by atoms with Crippen molar-refractivity contribution < 1.29 is 19.0 Å². The van der Waals surface area contributed by atoms with E-state index >= 15 is 0 Å². The summed E-state index contributed by atoms with van der Waals surface area (Å²) in [6.45, 7) is 10.3. The molecule has 2 atom stereocenters. The zero-order valence-electron chi connectivity index (χ0n) is 25.1. The first-order chi connectivity index (χ1) is 18.7. The zero-order valence-corrected chi connectivity index (χ0v) is 25.1. The van der Waals surface area contributed by atoms with Gasteiger partial charge in [0, 0.05) is 24.2 Å². The summed E-state index contributed by atoms with van der Waals surface area (Å²) in [5.74, 6) is 2.43. The highest BCUT2D eigenvalue weighted by molar-refractivity contribution is 5.79. The van der Waals surface area contributed by atoms with Crippen LogP contribution in [0.4, 0.5) is 0 Å². The van der Waals surface area contributed by atoms with Crippen LogP contribution in [-0.4, -0.2) is 76.3 Å². The quantitative estimate of drug-likeness (QED) is 0.309. The first kappa shape index (κ1) is 30.8. The van der Waals surface area contributed by atoms with E-state index in [1.807, 2.05) is 18.2 Å². The first-order valence-electron chi connectivity index (χ1n) is 14.4. The van der Waals surface area contributed by atoms with Crippen molar-refractivity contribution in [2.45, 2.75) is 71.4 Å². The average molecular weight is 540 g/mol. The van der Waals surface area contributed by atoms with Gasteiger partial charge in [-0.05, 0) is 121 Å². The van der Waals surface area contributed by atoms with E-state index in [-0.39, 0.29) is 12.3 Å². The number of nitrogens with one attached hydrogen (secondary N) is 1. The van der Waals surface area contributed by atoms with Crippen molar-refractivity contribution in [1.82, 2.24) is 15.1 Å². The van der Waals surface area contributed by atoms with Gasteiger partial charge in [0.1, 0.15) is 17.2 Å². The standard InChI is InChI=1S/C32H49N3O4/c1-23-24(2)30(39-20-9-8-18-34(4)5)15-13-29(23)25(3)35-19-10-11-27(35)16-17-33-32(36)22-26-21-28(37-6)12-14-31(26)38-7/h12-15,21,25,27H,8-11,16-20,22H2,1-7H3,(H,33,36). The van der Waals surface area contributed by atoms with Crippen molar-refractivity contribution >= 4 is 5.91 Å². The number of amides is 1. The number of nitrogens with zero attached hydrogens (tertiary/aromatic N) is 2. The van der Waals surface area contributed by atoms with Crippen LogP contribution in [0.5, 0.6) is 17.2 Å². The van der Waals surface area contributed by atoms with Crippen LogP contribution >= 0.6 is 0 Å². The molecule has 1 fully saturated rings. The minimum atomic E-state index is 0.00270. The number of carbonyl (C=O) groups is 1. The molecule has 3 rings (SSSR count). The summed E-state index contributed by atoms with van der Waals surface area (Å²) in [7, 11) is 7.46. The molecule has 1 aliphatic rings. The van der Waals surface area contributed by atoms with E-state index in [2.05, 4.69) is 62.1 Å². The van der Waals surface area contributed by atoms with Crippen LogP contribution in [0.2, 0.25) is 0 Å². The largest absolute Gasteiger partial charge is 0.497 e. The maximum atomic E-state index is 12.7. The van der Waals surface area contributed by atoms with Gasteiger partial charge in [-0.25, -0.2) is 0 Å². The van der Waals surface area contributed by atoms with Gasteiger partial charge in [0.15, 0.2) is 0 Å². The van der Waals surface area contributed by atoms with Gasteiger partial charge in [0.2, 0.25) is 5.91 Å². The molecule has 1 amide bonds. The zero-order chi connectivity index (χ0) is 28.4. The Morgan fingerprint density at radius 3 is 2.56 bits per heavy atom. The molecule has 0 bridgehead atoms. The Labute approximate surface area is 235 Å². The molecule has 1 saturated heterocycles. The summed E-state index contributed by atoms with van der Waals surface area (Å²) in [5.41, 5.74) is 4.76. The number of methoxy groups -OCH3 is 2. The van der Waals surface area contributed by atoms with Gasteiger partial charge in [0.25, 0.3) is 0 Å². The lowest BCUT2D eigenvalue weighted by Crippen LogP contribution is -2.36. The molecule has 7 heteroatoms. The fourth-order valence-corrected chi connectivity index (χ4v) is 5.63. The van der Waals surface area contributed by atoms with Crippen molar-refractivity contribution in [3.8, 4) is 17.2 Å². The minimum absolute atomic E-state index is 0.00270. The number of hydrogen-bond donors (Lipinski definition) is 1. The number of hydrogen-bond acceptors (Lipinski definition) is 6. The second kappa shape index (κ2) is 15.1. The van der Waals surface area contributed by atoms with Crippen LogP contribution in [0.3, 0.4) is 0 Å². The molecule has 0 radical (unpaired) electrons. The van der Waals surface area contributed by atoms with Gasteiger partial charge in [-0.3, -0.25) is 9.69 Å². The summed E-state index contributed by atoms with van der Waals surface area (Å²) < 4.78 is 16.9. The van der Waals surface area contributed by atoms with Crippen LogP contribution in [-0.2, 0) is 11.2 Å². The molecule has 7 nitrogen and oxygen atoms in total. The summed E-state index contributed by atoms with van der Waals surface area (Å²) in [5, 5.41) is 3.13. The predicted molar refractivity (Wildman–Crippen MR) is 158 cm³/mol. The van der Waals surface area contributed by atoms with Crippen LogP contribution in [0, 0.1) is 13.8 Å². The van der Waals surface area contributed by atoms with Gasteiger partial charge in [-0.1, -0.05) is 6.07 Å². The van der Waals surface area contributed by atoms with E-state index in [1.165, 1.54) is 23.1 Å². The maximum absolute atomic E-state index is 12.7. The van der Waals surface area contributed by atoms with Crippen LogP contribution in [0.25, 0.3) is 0 Å². The summed E-state index contributed by atoms with van der Waals surface area (Å²) in [6.07, 6.45) is 5.78. The third-order valence-electron chi connectivity index (χ3n) is 8.05. The van der Waals surface area contributed by atoms with Crippen molar-refractivity contribution in [1.29, 1.82) is 0 Å². The number of unbranched alkanes of at least 4 members (excludes halogenated alkanes) is 1. The predicted octanol–water partition coefficient (Wildman–Crippen LogP) is 5.32. The van der Waals surface area contributed by atoms with E-state index in [0.29, 0.717) is 24.4 Å². The van der Waals surface area contributed by atoms with Gasteiger partial charge in [-0.2, -0.15) is 0 Å². The molecule has 216 valence electrons. The molecule has 2 aromatic carbocycles. The van der Waals surface area contributed by atoms with E-state index in [9.17, 15) is 4.79 Å². The number of benzene rings is 2. The lowest BCUT2D eigenvalue weighted by molar-refractivity contribution is -0.120. The summed E-state index contributed by atoms with van der Waals surface area (Å²) >= 11 is 0. The van der Waals surface area contributed by atoms with Crippen molar-refractivity contribution in [2.75, 3.05) is 54.6 Å². The molecule has 0 spiro atoms. The fourth-order valence-electron chi connectivity index (χ4n) is 5.63. The van der Waals surface area contributed by atoms with E-state index in [4.69, 9.17) is 14.2 Å². The normalized spacial score (nSPS) is 16.4.